The summed E-state index contributed by atoms with van der Waals surface area (Å²) in [7, 11) is 3.22. The summed E-state index contributed by atoms with van der Waals surface area (Å²) in [6.07, 6.45) is 1.95. The number of nitrogens with one attached hydrogen (secondary N) is 1. The van der Waals surface area contributed by atoms with Gasteiger partial charge in [-0.15, -0.1) is 0 Å². The lowest BCUT2D eigenvalue weighted by Crippen LogP contribution is -2.33. The Kier molecular flexibility index (Phi) is 5.16. The predicted octanol–water partition coefficient (Wildman–Crippen LogP) is 3.35. The molecule has 1 aromatic heterocycles. The molecule has 1 aliphatic heterocycles. The molecule has 0 bridgehead atoms. The second-order valence-corrected chi connectivity index (χ2v) is 6.76. The van der Waals surface area contributed by atoms with E-state index in [0.29, 0.717) is 23.3 Å². The zero-order valence-electron chi connectivity index (χ0n) is 16.1. The Morgan fingerprint density at radius 3 is 2.57 bits per heavy atom. The first kappa shape index (κ1) is 18.3. The maximum Gasteiger partial charge on any atom is 0.228 e. The van der Waals surface area contributed by atoms with E-state index in [0.717, 1.165) is 36.0 Å². The van der Waals surface area contributed by atoms with Crippen LogP contribution in [0.25, 0.3) is 10.9 Å². The Labute approximate surface area is 163 Å². The minimum atomic E-state index is 0.0437. The average Bonchev–Trinajstić information content (AvgIpc) is 3.22. The van der Waals surface area contributed by atoms with Crippen molar-refractivity contribution in [3.05, 3.63) is 42.5 Å². The Balaban J connectivity index is 1.87. The van der Waals surface area contributed by atoms with Crippen molar-refractivity contribution < 1.29 is 14.6 Å². The molecule has 7 nitrogen and oxygen atoms in total. The van der Waals surface area contributed by atoms with Crippen molar-refractivity contribution in [3.8, 4) is 11.5 Å². The molecule has 2 aromatic carbocycles. The van der Waals surface area contributed by atoms with Gasteiger partial charge in [0.1, 0.15) is 5.82 Å². The summed E-state index contributed by atoms with van der Waals surface area (Å²) in [4.78, 5) is 11.6. The van der Waals surface area contributed by atoms with Gasteiger partial charge in [0.25, 0.3) is 0 Å². The molecule has 0 aliphatic carbocycles. The standard InChI is InChI=1S/C21H24N4O3/c1-27-18-11-16-17(12-19(18)28-2)23-21(25-10-6-9-15(25)13-26)24-20(16)22-14-7-4-3-5-8-14/h3-5,7-8,11-12,15,26H,6,9-10,13H2,1-2H3,(H,22,23,24). The Hall–Kier alpha value is -3.06. The van der Waals surface area contributed by atoms with Crippen molar-refractivity contribution >= 4 is 28.4 Å². The third-order valence-corrected chi connectivity index (χ3v) is 5.07. The van der Waals surface area contributed by atoms with Gasteiger partial charge in [0.2, 0.25) is 5.95 Å². The molecule has 0 saturated carbocycles. The Morgan fingerprint density at radius 1 is 1.11 bits per heavy atom. The molecule has 28 heavy (non-hydrogen) atoms. The summed E-state index contributed by atoms with van der Waals surface area (Å²) in [5.41, 5.74) is 1.69. The smallest absolute Gasteiger partial charge is 0.228 e. The van der Waals surface area contributed by atoms with Gasteiger partial charge in [0, 0.05) is 23.7 Å². The first-order valence-corrected chi connectivity index (χ1v) is 9.37. The molecule has 4 rings (SSSR count). The number of aromatic nitrogens is 2. The van der Waals surface area contributed by atoms with E-state index in [1.54, 1.807) is 14.2 Å². The van der Waals surface area contributed by atoms with Crippen LogP contribution in [-0.2, 0) is 0 Å². The molecular formula is C21H24N4O3. The normalized spacial score (nSPS) is 16.4. The van der Waals surface area contributed by atoms with E-state index in [1.807, 2.05) is 42.5 Å². The van der Waals surface area contributed by atoms with E-state index in [9.17, 15) is 5.11 Å². The highest BCUT2D eigenvalue weighted by Crippen LogP contribution is 2.36. The van der Waals surface area contributed by atoms with Crippen molar-refractivity contribution in [2.24, 2.45) is 0 Å². The van der Waals surface area contributed by atoms with E-state index in [-0.39, 0.29) is 12.6 Å². The van der Waals surface area contributed by atoms with Gasteiger partial charge in [-0.05, 0) is 31.0 Å². The number of ether oxygens (including phenoxy) is 2. The van der Waals surface area contributed by atoms with Crippen LogP contribution in [0.4, 0.5) is 17.5 Å². The average molecular weight is 380 g/mol. The highest BCUT2D eigenvalue weighted by Gasteiger charge is 2.27. The van der Waals surface area contributed by atoms with Crippen LogP contribution in [-0.4, -0.2) is 48.5 Å². The third kappa shape index (κ3) is 3.41. The van der Waals surface area contributed by atoms with Crippen LogP contribution in [0.1, 0.15) is 12.8 Å². The first-order chi connectivity index (χ1) is 13.7. The summed E-state index contributed by atoms with van der Waals surface area (Å²) in [6, 6.07) is 13.7. The number of anilines is 3. The van der Waals surface area contributed by atoms with Crippen LogP contribution >= 0.6 is 0 Å². The lowest BCUT2D eigenvalue weighted by Gasteiger charge is -2.24. The van der Waals surface area contributed by atoms with Crippen LogP contribution in [0.5, 0.6) is 11.5 Å². The van der Waals surface area contributed by atoms with Gasteiger partial charge in [-0.1, -0.05) is 18.2 Å². The largest absolute Gasteiger partial charge is 0.493 e. The van der Waals surface area contributed by atoms with E-state index >= 15 is 0 Å². The van der Waals surface area contributed by atoms with Crippen LogP contribution < -0.4 is 19.7 Å². The molecule has 1 saturated heterocycles. The van der Waals surface area contributed by atoms with Crippen LogP contribution in [0.3, 0.4) is 0 Å². The van der Waals surface area contributed by atoms with Gasteiger partial charge in [-0.25, -0.2) is 4.98 Å². The van der Waals surface area contributed by atoms with Gasteiger partial charge in [0.15, 0.2) is 11.5 Å². The quantitative estimate of drug-likeness (QED) is 0.679. The molecule has 146 valence electrons. The SMILES string of the molecule is COc1cc2nc(N3CCCC3CO)nc(Nc3ccccc3)c2cc1OC. The molecule has 0 amide bonds. The fraction of sp³-hybridized carbons (Fsp3) is 0.333. The lowest BCUT2D eigenvalue weighted by atomic mass is 10.2. The minimum Gasteiger partial charge on any atom is -0.493 e. The van der Waals surface area contributed by atoms with Gasteiger partial charge < -0.3 is 24.8 Å². The third-order valence-electron chi connectivity index (χ3n) is 5.07. The van der Waals surface area contributed by atoms with Gasteiger partial charge in [-0.3, -0.25) is 0 Å². The molecule has 2 N–H and O–H groups in total. The minimum absolute atomic E-state index is 0.0437. The number of fused-ring (bicyclic) bond motifs is 1. The maximum absolute atomic E-state index is 9.72. The number of methoxy groups -OCH3 is 2. The molecule has 7 heteroatoms. The number of rotatable bonds is 6. The number of hydrogen-bond acceptors (Lipinski definition) is 7. The maximum atomic E-state index is 9.72. The number of para-hydroxylation sites is 1. The second kappa shape index (κ2) is 7.90. The van der Waals surface area contributed by atoms with E-state index < -0.39 is 0 Å². The van der Waals surface area contributed by atoms with E-state index in [4.69, 9.17) is 19.4 Å². The molecule has 0 radical (unpaired) electrons. The fourth-order valence-corrected chi connectivity index (χ4v) is 3.61. The van der Waals surface area contributed by atoms with Crippen LogP contribution in [0.2, 0.25) is 0 Å². The first-order valence-electron chi connectivity index (χ1n) is 9.37. The predicted molar refractivity (Wildman–Crippen MR) is 110 cm³/mol. The highest BCUT2D eigenvalue weighted by atomic mass is 16.5. The highest BCUT2D eigenvalue weighted by molar-refractivity contribution is 5.94. The molecule has 0 spiro atoms. The number of hydrogen-bond donors (Lipinski definition) is 2. The molecule has 1 atom stereocenters. The van der Waals surface area contributed by atoms with Crippen molar-refractivity contribution in [1.82, 2.24) is 9.97 Å². The summed E-state index contributed by atoms with van der Waals surface area (Å²) in [5.74, 6) is 2.53. The summed E-state index contributed by atoms with van der Waals surface area (Å²) >= 11 is 0. The van der Waals surface area contributed by atoms with Crippen LogP contribution in [0.15, 0.2) is 42.5 Å². The van der Waals surface area contributed by atoms with Gasteiger partial charge >= 0.3 is 0 Å². The second-order valence-electron chi connectivity index (χ2n) is 6.76. The van der Waals surface area contributed by atoms with Gasteiger partial charge in [0.05, 0.1) is 32.4 Å². The number of benzene rings is 2. The Morgan fingerprint density at radius 2 is 1.86 bits per heavy atom. The molecular weight excluding hydrogens is 356 g/mol. The van der Waals surface area contributed by atoms with E-state index in [2.05, 4.69) is 10.2 Å². The van der Waals surface area contributed by atoms with Crippen molar-refractivity contribution in [3.63, 3.8) is 0 Å². The topological polar surface area (TPSA) is 79.7 Å². The summed E-state index contributed by atoms with van der Waals surface area (Å²) in [6.45, 7) is 0.920. The monoisotopic (exact) mass is 380 g/mol. The Bertz CT molecular complexity index is 965. The molecule has 2 heterocycles. The van der Waals surface area contributed by atoms with E-state index in [1.165, 1.54) is 0 Å². The summed E-state index contributed by atoms with van der Waals surface area (Å²) in [5, 5.41) is 14.0. The number of aliphatic hydroxyl groups is 1. The molecule has 1 fully saturated rings. The van der Waals surface area contributed by atoms with Crippen molar-refractivity contribution in [1.29, 1.82) is 0 Å². The molecule has 1 aliphatic rings. The zero-order valence-corrected chi connectivity index (χ0v) is 16.1. The van der Waals surface area contributed by atoms with Crippen molar-refractivity contribution in [2.75, 3.05) is 37.6 Å². The lowest BCUT2D eigenvalue weighted by molar-refractivity contribution is 0.265. The molecule has 3 aromatic rings. The number of nitrogens with zero attached hydrogens (tertiary/aromatic N) is 3. The molecule has 1 unspecified atom stereocenters. The zero-order chi connectivity index (χ0) is 19.5. The van der Waals surface area contributed by atoms with Gasteiger partial charge in [-0.2, -0.15) is 4.98 Å². The number of aliphatic hydroxyl groups excluding tert-OH is 1. The fourth-order valence-electron chi connectivity index (χ4n) is 3.61. The summed E-state index contributed by atoms with van der Waals surface area (Å²) < 4.78 is 10.9. The van der Waals surface area contributed by atoms with Crippen LogP contribution in [0, 0.1) is 0 Å². The van der Waals surface area contributed by atoms with Crippen molar-refractivity contribution in [2.45, 2.75) is 18.9 Å².